The van der Waals surface area contributed by atoms with Crippen molar-refractivity contribution in [3.63, 3.8) is 0 Å². The van der Waals surface area contributed by atoms with Gasteiger partial charge in [-0.05, 0) is 63.1 Å². The van der Waals surface area contributed by atoms with Crippen LogP contribution in [-0.2, 0) is 12.8 Å². The van der Waals surface area contributed by atoms with Crippen LogP contribution < -0.4 is 5.32 Å². The predicted octanol–water partition coefficient (Wildman–Crippen LogP) is 2.45. The molecule has 132 valence electrons. The van der Waals surface area contributed by atoms with E-state index in [2.05, 4.69) is 10.4 Å². The van der Waals surface area contributed by atoms with E-state index >= 15 is 0 Å². The van der Waals surface area contributed by atoms with Crippen molar-refractivity contribution in [1.82, 2.24) is 15.1 Å². The monoisotopic (exact) mass is 343 g/mol. The van der Waals surface area contributed by atoms with Gasteiger partial charge in [0.05, 0.1) is 5.60 Å². The summed E-state index contributed by atoms with van der Waals surface area (Å²) in [6.07, 6.45) is 4.92. The quantitative estimate of drug-likeness (QED) is 0.896. The number of benzene rings is 1. The molecule has 0 bridgehead atoms. The van der Waals surface area contributed by atoms with E-state index in [-0.39, 0.29) is 18.3 Å². The molecule has 5 nitrogen and oxygen atoms in total. The van der Waals surface area contributed by atoms with Crippen molar-refractivity contribution >= 4 is 5.91 Å². The van der Waals surface area contributed by atoms with Crippen LogP contribution in [0.2, 0.25) is 0 Å². The summed E-state index contributed by atoms with van der Waals surface area (Å²) in [5.74, 6) is -0.627. The fraction of sp³-hybridized carbons (Fsp3) is 0.474. The first-order valence-electron chi connectivity index (χ1n) is 8.85. The Morgan fingerprint density at radius 1 is 1.36 bits per heavy atom. The maximum atomic E-state index is 14.4. The molecule has 2 aliphatic carbocycles. The minimum atomic E-state index is -0.773. The third-order valence-corrected chi connectivity index (χ3v) is 5.34. The largest absolute Gasteiger partial charge is 0.388 e. The molecule has 0 spiro atoms. The molecule has 1 amide bonds. The molecule has 1 aromatic heterocycles. The van der Waals surface area contributed by atoms with Gasteiger partial charge in [0.15, 0.2) is 5.69 Å². The lowest BCUT2D eigenvalue weighted by molar-refractivity contribution is -0.0300. The summed E-state index contributed by atoms with van der Waals surface area (Å²) >= 11 is 0. The molecule has 25 heavy (non-hydrogen) atoms. The van der Waals surface area contributed by atoms with Gasteiger partial charge in [-0.3, -0.25) is 4.79 Å². The van der Waals surface area contributed by atoms with Crippen molar-refractivity contribution in [2.45, 2.75) is 51.0 Å². The van der Waals surface area contributed by atoms with E-state index in [0.717, 1.165) is 42.5 Å². The minimum absolute atomic E-state index is 0.242. The first-order chi connectivity index (χ1) is 12.0. The Hall–Kier alpha value is -2.21. The Kier molecular flexibility index (Phi) is 3.87. The molecule has 0 radical (unpaired) electrons. The third-order valence-electron chi connectivity index (χ3n) is 5.34. The number of nitrogens with one attached hydrogen (secondary N) is 1. The molecule has 1 saturated carbocycles. The molecule has 0 unspecified atom stereocenters. The molecule has 1 fully saturated rings. The molecule has 0 aliphatic heterocycles. The average Bonchev–Trinajstić information content (AvgIpc) is 3.13. The highest BCUT2D eigenvalue weighted by molar-refractivity contribution is 5.94. The lowest BCUT2D eigenvalue weighted by Crippen LogP contribution is -2.47. The summed E-state index contributed by atoms with van der Waals surface area (Å²) in [5.41, 5.74) is 2.62. The lowest BCUT2D eigenvalue weighted by atomic mass is 9.80. The van der Waals surface area contributed by atoms with E-state index in [1.165, 1.54) is 6.07 Å². The second-order valence-electron chi connectivity index (χ2n) is 7.25. The number of fused-ring (bicyclic) bond motifs is 1. The Morgan fingerprint density at radius 2 is 2.16 bits per heavy atom. The van der Waals surface area contributed by atoms with Crippen molar-refractivity contribution in [2.75, 3.05) is 6.54 Å². The van der Waals surface area contributed by atoms with Crippen molar-refractivity contribution < 1.29 is 14.3 Å². The highest BCUT2D eigenvalue weighted by Gasteiger charge is 2.35. The van der Waals surface area contributed by atoms with Crippen LogP contribution in [-0.4, -0.2) is 32.9 Å². The van der Waals surface area contributed by atoms with Crippen LogP contribution in [0.25, 0.3) is 5.69 Å². The first-order valence-corrected chi connectivity index (χ1v) is 8.85. The highest BCUT2D eigenvalue weighted by Crippen LogP contribution is 2.31. The molecule has 0 atom stereocenters. The summed E-state index contributed by atoms with van der Waals surface area (Å²) in [6.45, 7) is 2.08. The smallest absolute Gasteiger partial charge is 0.272 e. The second kappa shape index (κ2) is 5.95. The number of amides is 1. The Bertz CT molecular complexity index is 839. The summed E-state index contributed by atoms with van der Waals surface area (Å²) in [4.78, 5) is 12.6. The maximum Gasteiger partial charge on any atom is 0.272 e. The van der Waals surface area contributed by atoms with Gasteiger partial charge in [-0.1, -0.05) is 6.07 Å². The van der Waals surface area contributed by atoms with Crippen LogP contribution >= 0.6 is 0 Å². The zero-order valence-electron chi connectivity index (χ0n) is 14.3. The standard InChI is InChI=1S/C19H22FN3O2/c1-12-6-7-16(14(20)10-12)23-15-5-2-4-13(15)17(22-23)18(24)21-11-19(25)8-3-9-19/h6-7,10,25H,2-5,8-9,11H2,1H3,(H,21,24). The normalized spacial score (nSPS) is 17.9. The van der Waals surface area contributed by atoms with Crippen molar-refractivity contribution in [1.29, 1.82) is 0 Å². The van der Waals surface area contributed by atoms with Crippen LogP contribution in [0.3, 0.4) is 0 Å². The zero-order chi connectivity index (χ0) is 17.6. The van der Waals surface area contributed by atoms with Crippen LogP contribution in [0.4, 0.5) is 4.39 Å². The Morgan fingerprint density at radius 3 is 2.84 bits per heavy atom. The van der Waals surface area contributed by atoms with E-state index in [0.29, 0.717) is 24.2 Å². The molecular weight excluding hydrogens is 321 g/mol. The predicted molar refractivity (Wildman–Crippen MR) is 91.4 cm³/mol. The molecule has 2 aliphatic rings. The number of rotatable bonds is 4. The summed E-state index contributed by atoms with van der Waals surface area (Å²) in [7, 11) is 0. The van der Waals surface area contributed by atoms with Gasteiger partial charge >= 0.3 is 0 Å². The third kappa shape index (κ3) is 2.84. The highest BCUT2D eigenvalue weighted by atomic mass is 19.1. The zero-order valence-corrected chi connectivity index (χ0v) is 14.3. The number of hydrogen-bond acceptors (Lipinski definition) is 3. The number of carbonyl (C=O) groups is 1. The van der Waals surface area contributed by atoms with Gasteiger partial charge in [0.25, 0.3) is 5.91 Å². The number of carbonyl (C=O) groups excluding carboxylic acids is 1. The number of aryl methyl sites for hydroxylation is 1. The van der Waals surface area contributed by atoms with Gasteiger partial charge < -0.3 is 10.4 Å². The minimum Gasteiger partial charge on any atom is -0.388 e. The molecule has 0 saturated heterocycles. The second-order valence-corrected chi connectivity index (χ2v) is 7.25. The van der Waals surface area contributed by atoms with Gasteiger partial charge in [-0.2, -0.15) is 5.10 Å². The average molecular weight is 343 g/mol. The van der Waals surface area contributed by atoms with Crippen LogP contribution in [0.15, 0.2) is 18.2 Å². The fourth-order valence-electron chi connectivity index (χ4n) is 3.69. The SMILES string of the molecule is Cc1ccc(-n2nc(C(=O)NCC3(O)CCC3)c3c2CCC3)c(F)c1. The molecule has 1 heterocycles. The first kappa shape index (κ1) is 16.3. The van der Waals surface area contributed by atoms with Crippen molar-refractivity contribution in [3.8, 4) is 5.69 Å². The number of aliphatic hydroxyl groups is 1. The Labute approximate surface area is 145 Å². The van der Waals surface area contributed by atoms with E-state index in [4.69, 9.17) is 0 Å². The number of hydrogen-bond donors (Lipinski definition) is 2. The van der Waals surface area contributed by atoms with E-state index in [9.17, 15) is 14.3 Å². The number of halogens is 1. The topological polar surface area (TPSA) is 67.2 Å². The van der Waals surface area contributed by atoms with E-state index < -0.39 is 5.60 Å². The fourth-order valence-corrected chi connectivity index (χ4v) is 3.69. The summed E-state index contributed by atoms with van der Waals surface area (Å²) < 4.78 is 16.0. The van der Waals surface area contributed by atoms with Gasteiger partial charge in [0.1, 0.15) is 11.5 Å². The van der Waals surface area contributed by atoms with Crippen molar-refractivity contribution in [3.05, 3.63) is 46.5 Å². The summed E-state index contributed by atoms with van der Waals surface area (Å²) in [6, 6.07) is 5.02. The molecule has 2 N–H and O–H groups in total. The van der Waals surface area contributed by atoms with E-state index in [1.54, 1.807) is 10.7 Å². The molecule has 1 aromatic carbocycles. The number of aromatic nitrogens is 2. The van der Waals surface area contributed by atoms with Crippen LogP contribution in [0, 0.1) is 12.7 Å². The molecular formula is C19H22FN3O2. The van der Waals surface area contributed by atoms with Gasteiger partial charge in [0, 0.05) is 17.8 Å². The Balaban J connectivity index is 1.64. The molecule has 4 rings (SSSR count). The number of nitrogens with zero attached hydrogens (tertiary/aromatic N) is 2. The van der Waals surface area contributed by atoms with Gasteiger partial charge in [-0.15, -0.1) is 0 Å². The van der Waals surface area contributed by atoms with Gasteiger partial charge in [0.2, 0.25) is 0 Å². The van der Waals surface area contributed by atoms with E-state index in [1.807, 2.05) is 13.0 Å². The maximum absolute atomic E-state index is 14.4. The van der Waals surface area contributed by atoms with Crippen LogP contribution in [0.5, 0.6) is 0 Å². The lowest BCUT2D eigenvalue weighted by Gasteiger charge is -2.36. The molecule has 2 aromatic rings. The van der Waals surface area contributed by atoms with Crippen LogP contribution in [0.1, 0.15) is 53.0 Å². The molecule has 6 heteroatoms. The van der Waals surface area contributed by atoms with Gasteiger partial charge in [-0.25, -0.2) is 9.07 Å². The van der Waals surface area contributed by atoms with Crippen molar-refractivity contribution in [2.24, 2.45) is 0 Å². The summed E-state index contributed by atoms with van der Waals surface area (Å²) in [5, 5.41) is 17.4.